The van der Waals surface area contributed by atoms with Crippen LogP contribution in [0.25, 0.3) is 0 Å². The van der Waals surface area contributed by atoms with Gasteiger partial charge in [0, 0.05) is 12.1 Å². The Morgan fingerprint density at radius 2 is 1.88 bits per heavy atom. The van der Waals surface area contributed by atoms with Gasteiger partial charge in [0.2, 0.25) is 0 Å². The standard InChI is InChI=1S/C25H28Cl2N4O2/c1-15(28)23-24(29-21(16(2)32)10-6-9-17-7-4-3-5-8-17)30-22(31-25(23)33)14-18-11-12-19(26)20(27)13-18/h3-5,7-8,11-13,16,21,28,32H,6,9-10,14H2,1-2H3,(H2,29,30,31,33). The Kier molecular flexibility index (Phi) is 8.67. The largest absolute Gasteiger partial charge is 0.391 e. The van der Waals surface area contributed by atoms with Crippen LogP contribution in [0, 0.1) is 5.41 Å². The average Bonchev–Trinajstić information content (AvgIpc) is 2.75. The molecule has 0 aliphatic heterocycles. The molecule has 0 radical (unpaired) electrons. The zero-order valence-electron chi connectivity index (χ0n) is 18.7. The summed E-state index contributed by atoms with van der Waals surface area (Å²) in [5.74, 6) is 0.728. The Morgan fingerprint density at radius 1 is 1.15 bits per heavy atom. The predicted octanol–water partition coefficient (Wildman–Crippen LogP) is 5.24. The Morgan fingerprint density at radius 3 is 2.52 bits per heavy atom. The number of anilines is 1. The SMILES string of the molecule is CC(=N)c1c(NC(CCCc2ccccc2)C(C)O)nc(Cc2ccc(Cl)c(Cl)c2)[nH]c1=O. The molecule has 2 aromatic carbocycles. The zero-order valence-corrected chi connectivity index (χ0v) is 20.2. The van der Waals surface area contributed by atoms with E-state index < -0.39 is 11.7 Å². The van der Waals surface area contributed by atoms with Crippen LogP contribution < -0.4 is 10.9 Å². The average molecular weight is 487 g/mol. The fraction of sp³-hybridized carbons (Fsp3) is 0.320. The minimum Gasteiger partial charge on any atom is -0.391 e. The topological polar surface area (TPSA) is 102 Å². The first-order valence-electron chi connectivity index (χ1n) is 10.9. The van der Waals surface area contributed by atoms with Gasteiger partial charge in [-0.25, -0.2) is 4.98 Å². The van der Waals surface area contributed by atoms with Crippen LogP contribution >= 0.6 is 23.2 Å². The van der Waals surface area contributed by atoms with Gasteiger partial charge in [0.25, 0.3) is 5.56 Å². The molecule has 0 aliphatic carbocycles. The molecule has 0 saturated heterocycles. The van der Waals surface area contributed by atoms with E-state index in [9.17, 15) is 9.90 Å². The molecule has 2 atom stereocenters. The Hall–Kier alpha value is -2.67. The number of H-pyrrole nitrogens is 1. The summed E-state index contributed by atoms with van der Waals surface area (Å²) in [4.78, 5) is 20.1. The van der Waals surface area contributed by atoms with Crippen molar-refractivity contribution in [3.63, 3.8) is 0 Å². The number of nitrogens with one attached hydrogen (secondary N) is 3. The summed E-state index contributed by atoms with van der Waals surface area (Å²) in [6.07, 6.45) is 2.09. The van der Waals surface area contributed by atoms with Crippen LogP contribution in [0.2, 0.25) is 10.0 Å². The smallest absolute Gasteiger partial charge is 0.262 e. The molecule has 3 rings (SSSR count). The molecule has 0 aliphatic rings. The molecule has 1 heterocycles. The van der Waals surface area contributed by atoms with Crippen LogP contribution in [0.1, 0.15) is 49.2 Å². The first-order chi connectivity index (χ1) is 15.7. The maximum atomic E-state index is 12.8. The number of nitrogens with zero attached hydrogens (tertiary/aromatic N) is 1. The lowest BCUT2D eigenvalue weighted by atomic mass is 10.0. The molecular weight excluding hydrogens is 459 g/mol. The molecule has 0 fully saturated rings. The summed E-state index contributed by atoms with van der Waals surface area (Å²) in [5, 5.41) is 22.6. The first kappa shape index (κ1) is 25.0. The van der Waals surface area contributed by atoms with E-state index in [1.807, 2.05) is 24.3 Å². The fourth-order valence-electron chi connectivity index (χ4n) is 3.68. The quantitative estimate of drug-likeness (QED) is 0.294. The van der Waals surface area contributed by atoms with E-state index in [2.05, 4.69) is 27.4 Å². The number of aromatic amines is 1. The second-order valence-electron chi connectivity index (χ2n) is 8.16. The highest BCUT2D eigenvalue weighted by Crippen LogP contribution is 2.24. The third-order valence-corrected chi connectivity index (χ3v) is 6.17. The van der Waals surface area contributed by atoms with Crippen molar-refractivity contribution in [1.29, 1.82) is 5.41 Å². The van der Waals surface area contributed by atoms with E-state index in [4.69, 9.17) is 28.6 Å². The van der Waals surface area contributed by atoms with E-state index >= 15 is 0 Å². The fourth-order valence-corrected chi connectivity index (χ4v) is 4.00. The zero-order chi connectivity index (χ0) is 24.0. The Bertz CT molecular complexity index is 1160. The van der Waals surface area contributed by atoms with E-state index in [-0.39, 0.29) is 17.3 Å². The highest BCUT2D eigenvalue weighted by atomic mass is 35.5. The number of hydrogen-bond donors (Lipinski definition) is 4. The molecular formula is C25H28Cl2N4O2. The molecule has 4 N–H and O–H groups in total. The lowest BCUT2D eigenvalue weighted by Crippen LogP contribution is -2.34. The number of aryl methyl sites for hydroxylation is 1. The number of halogens is 2. The van der Waals surface area contributed by atoms with E-state index in [0.717, 1.165) is 18.4 Å². The van der Waals surface area contributed by atoms with Gasteiger partial charge in [-0.1, -0.05) is 59.6 Å². The maximum Gasteiger partial charge on any atom is 0.262 e. The van der Waals surface area contributed by atoms with E-state index in [0.29, 0.717) is 34.5 Å². The summed E-state index contributed by atoms with van der Waals surface area (Å²) < 4.78 is 0. The van der Waals surface area contributed by atoms with Crippen molar-refractivity contribution in [1.82, 2.24) is 9.97 Å². The molecule has 0 amide bonds. The number of rotatable bonds is 10. The lowest BCUT2D eigenvalue weighted by Gasteiger charge is -2.23. The first-order valence-corrected chi connectivity index (χ1v) is 11.6. The molecule has 0 saturated carbocycles. The molecule has 6 nitrogen and oxygen atoms in total. The maximum absolute atomic E-state index is 12.8. The molecule has 33 heavy (non-hydrogen) atoms. The van der Waals surface area contributed by atoms with Gasteiger partial charge in [0.1, 0.15) is 17.2 Å². The summed E-state index contributed by atoms with van der Waals surface area (Å²) >= 11 is 12.1. The highest BCUT2D eigenvalue weighted by Gasteiger charge is 2.20. The van der Waals surface area contributed by atoms with Gasteiger partial charge in [-0.3, -0.25) is 4.79 Å². The molecule has 2 unspecified atom stereocenters. The minimum absolute atomic E-state index is 0.0981. The summed E-state index contributed by atoms with van der Waals surface area (Å²) in [5.41, 5.74) is 1.94. The number of aliphatic hydroxyl groups is 1. The third kappa shape index (κ3) is 6.90. The molecule has 8 heteroatoms. The van der Waals surface area contributed by atoms with Crippen LogP contribution in [0.5, 0.6) is 0 Å². The van der Waals surface area contributed by atoms with E-state index in [1.54, 1.807) is 26.0 Å². The van der Waals surface area contributed by atoms with Crippen LogP contribution in [0.15, 0.2) is 53.3 Å². The van der Waals surface area contributed by atoms with Crippen LogP contribution in [0.3, 0.4) is 0 Å². The minimum atomic E-state index is -0.667. The molecule has 0 spiro atoms. The van der Waals surface area contributed by atoms with Gasteiger partial charge in [-0.05, 0) is 56.4 Å². The number of benzene rings is 2. The Labute approximate surface area is 203 Å². The monoisotopic (exact) mass is 486 g/mol. The summed E-state index contributed by atoms with van der Waals surface area (Å²) in [6.45, 7) is 3.25. The van der Waals surface area contributed by atoms with Crippen molar-refractivity contribution >= 4 is 34.7 Å². The van der Waals surface area contributed by atoms with Gasteiger partial charge >= 0.3 is 0 Å². The van der Waals surface area contributed by atoms with Gasteiger partial charge in [-0.15, -0.1) is 0 Å². The second-order valence-corrected chi connectivity index (χ2v) is 8.97. The molecule has 174 valence electrons. The van der Waals surface area contributed by atoms with Crippen molar-refractivity contribution in [3.8, 4) is 0 Å². The molecule has 3 aromatic rings. The Balaban J connectivity index is 1.82. The molecule has 0 bridgehead atoms. The number of aliphatic hydroxyl groups excluding tert-OH is 1. The van der Waals surface area contributed by atoms with Crippen molar-refractivity contribution in [2.75, 3.05) is 5.32 Å². The number of hydrogen-bond acceptors (Lipinski definition) is 5. The molecule has 1 aromatic heterocycles. The lowest BCUT2D eigenvalue weighted by molar-refractivity contribution is 0.166. The summed E-state index contributed by atoms with van der Waals surface area (Å²) in [7, 11) is 0. The van der Waals surface area contributed by atoms with E-state index in [1.165, 1.54) is 5.56 Å². The van der Waals surface area contributed by atoms with Crippen molar-refractivity contribution in [3.05, 3.63) is 91.4 Å². The third-order valence-electron chi connectivity index (χ3n) is 5.43. The van der Waals surface area contributed by atoms with Crippen molar-refractivity contribution < 1.29 is 5.11 Å². The van der Waals surface area contributed by atoms with Gasteiger partial charge in [-0.2, -0.15) is 0 Å². The van der Waals surface area contributed by atoms with Gasteiger partial charge < -0.3 is 20.8 Å². The second kappa shape index (κ2) is 11.5. The van der Waals surface area contributed by atoms with Gasteiger partial charge in [0.05, 0.1) is 22.2 Å². The van der Waals surface area contributed by atoms with Crippen molar-refractivity contribution in [2.45, 2.75) is 51.7 Å². The van der Waals surface area contributed by atoms with Crippen LogP contribution in [-0.2, 0) is 12.8 Å². The predicted molar refractivity (Wildman–Crippen MR) is 135 cm³/mol. The normalized spacial score (nSPS) is 12.9. The summed E-state index contributed by atoms with van der Waals surface area (Å²) in [6, 6.07) is 15.1. The number of aromatic nitrogens is 2. The van der Waals surface area contributed by atoms with Gasteiger partial charge in [0.15, 0.2) is 0 Å². The van der Waals surface area contributed by atoms with Crippen molar-refractivity contribution in [2.24, 2.45) is 0 Å². The van der Waals surface area contributed by atoms with Crippen LogP contribution in [-0.4, -0.2) is 32.9 Å². The highest BCUT2D eigenvalue weighted by molar-refractivity contribution is 6.42. The van der Waals surface area contributed by atoms with Crippen LogP contribution in [0.4, 0.5) is 5.82 Å².